The number of carbonyl (C=O) groups excluding carboxylic acids is 1. The predicted octanol–water partition coefficient (Wildman–Crippen LogP) is 1.34. The van der Waals surface area contributed by atoms with Crippen LogP contribution in [0.25, 0.3) is 0 Å². The van der Waals surface area contributed by atoms with E-state index in [9.17, 15) is 31.1 Å². The highest BCUT2D eigenvalue weighted by atomic mass is 19.3. The van der Waals surface area contributed by atoms with Gasteiger partial charge in [0.05, 0.1) is 0 Å². The Morgan fingerprint density at radius 1 is 0.846 bits per heavy atom. The highest BCUT2D eigenvalue weighted by Gasteiger charge is 2.69. The summed E-state index contributed by atoms with van der Waals surface area (Å²) in [5, 5.41) is 0. The second-order valence-corrected chi connectivity index (χ2v) is 2.03. The van der Waals surface area contributed by atoms with E-state index in [-0.39, 0.29) is 0 Å². The van der Waals surface area contributed by atoms with Crippen molar-refractivity contribution in [2.24, 2.45) is 0 Å². The van der Waals surface area contributed by atoms with E-state index < -0.39 is 24.3 Å². The van der Waals surface area contributed by atoms with Gasteiger partial charge in [0.2, 0.25) is 0 Å². The Bertz CT molecular complexity index is 226. The maximum Gasteiger partial charge on any atom is 0.495 e. The molecule has 0 atom stereocenters. The van der Waals surface area contributed by atoms with Crippen LogP contribution in [0.15, 0.2) is 0 Å². The molecule has 0 N–H and O–H groups in total. The average molecular weight is 210 g/mol. The fraction of sp³-hybridized carbons (Fsp3) is 0.750. The molecule has 13 heavy (non-hydrogen) atoms. The monoisotopic (exact) mass is 210 g/mol. The summed E-state index contributed by atoms with van der Waals surface area (Å²) in [6, 6.07) is 0. The normalized spacial score (nSPS) is 30.2. The largest absolute Gasteiger partial charge is 0.495 e. The van der Waals surface area contributed by atoms with Crippen LogP contribution in [0.2, 0.25) is 0 Å². The number of halogens is 6. The molecule has 0 aromatic carbocycles. The van der Waals surface area contributed by atoms with Gasteiger partial charge in [-0.05, 0) is 0 Å². The molecule has 9 heteroatoms. The second-order valence-electron chi connectivity index (χ2n) is 2.03. The minimum absolute atomic E-state index is 2.39. The van der Waals surface area contributed by atoms with Crippen LogP contribution in [-0.2, 0) is 14.3 Å². The lowest BCUT2D eigenvalue weighted by Crippen LogP contribution is -2.58. The molecule has 3 nitrogen and oxygen atoms in total. The predicted molar refractivity (Wildman–Crippen MR) is 22.0 cm³/mol. The molecule has 1 saturated heterocycles. The number of carbonyl (C=O) groups is 1. The van der Waals surface area contributed by atoms with E-state index in [1.165, 1.54) is 0 Å². The Morgan fingerprint density at radius 2 is 1.15 bits per heavy atom. The van der Waals surface area contributed by atoms with Gasteiger partial charge in [0.15, 0.2) is 0 Å². The van der Waals surface area contributed by atoms with Crippen molar-refractivity contribution in [1.82, 2.24) is 0 Å². The van der Waals surface area contributed by atoms with Crippen molar-refractivity contribution in [3.8, 4) is 0 Å². The number of hydrogen-bond donors (Lipinski definition) is 0. The molecule has 0 aromatic rings. The third-order valence-electron chi connectivity index (χ3n) is 1.02. The van der Waals surface area contributed by atoms with E-state index in [1.807, 2.05) is 0 Å². The summed E-state index contributed by atoms with van der Waals surface area (Å²) < 4.78 is 76.3. The quantitative estimate of drug-likeness (QED) is 0.566. The zero-order chi connectivity index (χ0) is 10.5. The van der Waals surface area contributed by atoms with Gasteiger partial charge in [-0.2, -0.15) is 17.6 Å². The lowest BCUT2D eigenvalue weighted by molar-refractivity contribution is -0.523. The molecule has 0 amide bonds. The van der Waals surface area contributed by atoms with Gasteiger partial charge in [-0.1, -0.05) is 0 Å². The van der Waals surface area contributed by atoms with Crippen molar-refractivity contribution < 1.29 is 40.6 Å². The number of alkyl halides is 6. The fourth-order valence-electron chi connectivity index (χ4n) is 0.581. The summed E-state index contributed by atoms with van der Waals surface area (Å²) in [5.41, 5.74) is 0. The number of ketones is 1. The number of rotatable bonds is 0. The van der Waals surface area contributed by atoms with Gasteiger partial charge >= 0.3 is 24.3 Å². The molecule has 1 rings (SSSR count). The first kappa shape index (κ1) is 10.3. The maximum atomic E-state index is 12.0. The molecule has 0 bridgehead atoms. The fourth-order valence-corrected chi connectivity index (χ4v) is 0.581. The zero-order valence-electron chi connectivity index (χ0n) is 5.49. The number of ether oxygens (including phenoxy) is 2. The van der Waals surface area contributed by atoms with Crippen LogP contribution >= 0.6 is 0 Å². The lowest BCUT2D eigenvalue weighted by Gasteiger charge is -2.31. The molecular formula is C4F6O3. The number of hydrogen-bond acceptors (Lipinski definition) is 3. The van der Waals surface area contributed by atoms with E-state index in [0.717, 1.165) is 0 Å². The molecule has 76 valence electrons. The summed E-state index contributed by atoms with van der Waals surface area (Å²) in [7, 11) is 0. The van der Waals surface area contributed by atoms with Gasteiger partial charge in [-0.25, -0.2) is 9.47 Å². The molecule has 1 aliphatic heterocycles. The second kappa shape index (κ2) is 2.35. The van der Waals surface area contributed by atoms with Crippen LogP contribution in [-0.4, -0.2) is 24.3 Å². The van der Waals surface area contributed by atoms with E-state index in [4.69, 9.17) is 0 Å². The van der Waals surface area contributed by atoms with Crippen molar-refractivity contribution in [2.45, 2.75) is 18.5 Å². The Morgan fingerprint density at radius 3 is 1.46 bits per heavy atom. The van der Waals surface area contributed by atoms with E-state index in [0.29, 0.717) is 0 Å². The molecule has 0 aromatic heterocycles. The zero-order valence-corrected chi connectivity index (χ0v) is 5.49. The van der Waals surface area contributed by atoms with Gasteiger partial charge in [0.25, 0.3) is 0 Å². The molecule has 0 radical (unpaired) electrons. The topological polar surface area (TPSA) is 35.5 Å². The SMILES string of the molecule is O=C1C(F)(F)OC(F)(F)OC1(F)F. The third-order valence-corrected chi connectivity index (χ3v) is 1.02. The first-order valence-electron chi connectivity index (χ1n) is 2.65. The summed E-state index contributed by atoms with van der Waals surface area (Å²) in [5.74, 6) is -3.16. The molecular weight excluding hydrogens is 210 g/mol. The van der Waals surface area contributed by atoms with Crippen LogP contribution in [0.5, 0.6) is 0 Å². The Hall–Kier alpha value is -0.830. The van der Waals surface area contributed by atoms with E-state index >= 15 is 0 Å². The van der Waals surface area contributed by atoms with Gasteiger partial charge in [-0.3, -0.25) is 4.79 Å². The summed E-state index contributed by atoms with van der Waals surface area (Å²) in [6.07, 6.45) is -15.7. The number of Topliss-reactive ketones (excluding diaryl/α,β-unsaturated/α-hetero) is 1. The van der Waals surface area contributed by atoms with Crippen molar-refractivity contribution in [1.29, 1.82) is 0 Å². The molecule has 1 aliphatic rings. The summed E-state index contributed by atoms with van der Waals surface area (Å²) >= 11 is 0. The smallest absolute Gasteiger partial charge is 0.280 e. The summed E-state index contributed by atoms with van der Waals surface area (Å²) in [6.45, 7) is 0. The van der Waals surface area contributed by atoms with Crippen LogP contribution in [0.1, 0.15) is 0 Å². The average Bonchev–Trinajstić information content (AvgIpc) is 1.77. The van der Waals surface area contributed by atoms with Gasteiger partial charge < -0.3 is 0 Å². The van der Waals surface area contributed by atoms with Gasteiger partial charge in [0, 0.05) is 0 Å². The van der Waals surface area contributed by atoms with Crippen LogP contribution in [0.4, 0.5) is 26.3 Å². The first-order chi connectivity index (χ1) is 5.57. The summed E-state index contributed by atoms with van der Waals surface area (Å²) in [4.78, 5) is 9.97. The highest BCUT2D eigenvalue weighted by Crippen LogP contribution is 2.42. The Kier molecular flexibility index (Phi) is 1.85. The molecule has 1 heterocycles. The third kappa shape index (κ3) is 1.75. The van der Waals surface area contributed by atoms with Crippen molar-refractivity contribution in [2.75, 3.05) is 0 Å². The molecule has 0 aliphatic carbocycles. The molecule has 0 unspecified atom stereocenters. The minimum atomic E-state index is -5.26. The van der Waals surface area contributed by atoms with Crippen LogP contribution < -0.4 is 0 Å². The molecule has 0 spiro atoms. The van der Waals surface area contributed by atoms with Gasteiger partial charge in [-0.15, -0.1) is 8.78 Å². The van der Waals surface area contributed by atoms with Gasteiger partial charge in [0.1, 0.15) is 0 Å². The van der Waals surface area contributed by atoms with E-state index in [1.54, 1.807) is 0 Å². The minimum Gasteiger partial charge on any atom is -0.280 e. The first-order valence-corrected chi connectivity index (χ1v) is 2.65. The van der Waals surface area contributed by atoms with Crippen molar-refractivity contribution in [3.63, 3.8) is 0 Å². The lowest BCUT2D eigenvalue weighted by atomic mass is 10.3. The van der Waals surface area contributed by atoms with Crippen LogP contribution in [0, 0.1) is 0 Å². The standard InChI is InChI=1S/C4F6O3/c5-2(6)1(11)3(7,8)13-4(9,10)12-2. The van der Waals surface area contributed by atoms with Crippen molar-refractivity contribution in [3.05, 3.63) is 0 Å². The molecule has 0 saturated carbocycles. The Balaban J connectivity index is 3.03. The maximum absolute atomic E-state index is 12.0. The van der Waals surface area contributed by atoms with Crippen LogP contribution in [0.3, 0.4) is 0 Å². The van der Waals surface area contributed by atoms with Crippen molar-refractivity contribution >= 4 is 5.78 Å². The Labute approximate surface area is 66.2 Å². The highest BCUT2D eigenvalue weighted by molar-refractivity contribution is 5.89. The molecule has 1 fully saturated rings. The van der Waals surface area contributed by atoms with E-state index in [2.05, 4.69) is 9.47 Å².